The fourth-order valence-corrected chi connectivity index (χ4v) is 2.82. The molecule has 0 atom stereocenters. The van der Waals surface area contributed by atoms with Crippen LogP contribution in [-0.2, 0) is 4.79 Å². The molecule has 0 spiro atoms. The minimum Gasteiger partial charge on any atom is -0.502 e. The number of hydrogen-bond acceptors (Lipinski definition) is 5. The van der Waals surface area contributed by atoms with Gasteiger partial charge in [0.25, 0.3) is 5.91 Å². The summed E-state index contributed by atoms with van der Waals surface area (Å²) in [6.45, 7) is 0. The number of phenols is 1. The van der Waals surface area contributed by atoms with Gasteiger partial charge in [-0.25, -0.2) is 0 Å². The summed E-state index contributed by atoms with van der Waals surface area (Å²) in [5.74, 6) is -0.0751. The van der Waals surface area contributed by atoms with E-state index in [9.17, 15) is 15.2 Å². The molecule has 0 heterocycles. The zero-order chi connectivity index (χ0) is 17.5. The molecule has 1 aliphatic carbocycles. The summed E-state index contributed by atoms with van der Waals surface area (Å²) in [6.07, 6.45) is 6.76. The second-order valence-corrected chi connectivity index (χ2v) is 5.75. The SMILES string of the molecule is COc1cc(C=C(C#N)C(=O)NC2CCCCC2)cc(OC)c1O. The van der Waals surface area contributed by atoms with Gasteiger partial charge >= 0.3 is 0 Å². The van der Waals surface area contributed by atoms with Gasteiger partial charge in [0.05, 0.1) is 14.2 Å². The number of phenolic OH excluding ortho intramolecular Hbond substituents is 1. The van der Waals surface area contributed by atoms with Gasteiger partial charge in [-0.15, -0.1) is 0 Å². The second kappa shape index (κ2) is 8.25. The van der Waals surface area contributed by atoms with E-state index in [0.29, 0.717) is 5.56 Å². The van der Waals surface area contributed by atoms with Crippen LogP contribution in [0.2, 0.25) is 0 Å². The summed E-state index contributed by atoms with van der Waals surface area (Å²) < 4.78 is 10.2. The third-order valence-electron chi connectivity index (χ3n) is 4.12. The van der Waals surface area contributed by atoms with Crippen LogP contribution in [-0.4, -0.2) is 31.3 Å². The number of nitrogens with one attached hydrogen (secondary N) is 1. The zero-order valence-electron chi connectivity index (χ0n) is 14.0. The van der Waals surface area contributed by atoms with Gasteiger partial charge in [-0.05, 0) is 36.6 Å². The number of benzene rings is 1. The molecule has 6 nitrogen and oxygen atoms in total. The van der Waals surface area contributed by atoms with Crippen LogP contribution in [0.5, 0.6) is 17.2 Å². The maximum absolute atomic E-state index is 12.3. The lowest BCUT2D eigenvalue weighted by molar-refractivity contribution is -0.117. The van der Waals surface area contributed by atoms with Crippen LogP contribution >= 0.6 is 0 Å². The lowest BCUT2D eigenvalue weighted by Crippen LogP contribution is -2.36. The Morgan fingerprint density at radius 3 is 2.33 bits per heavy atom. The third-order valence-corrected chi connectivity index (χ3v) is 4.12. The van der Waals surface area contributed by atoms with Crippen molar-refractivity contribution in [2.24, 2.45) is 0 Å². The fraction of sp³-hybridized carbons (Fsp3) is 0.444. The van der Waals surface area contributed by atoms with Crippen molar-refractivity contribution in [3.05, 3.63) is 23.3 Å². The van der Waals surface area contributed by atoms with Gasteiger partial charge in [0.15, 0.2) is 11.5 Å². The largest absolute Gasteiger partial charge is 0.502 e. The van der Waals surface area contributed by atoms with Crippen molar-refractivity contribution in [1.29, 1.82) is 5.26 Å². The molecule has 1 aromatic carbocycles. The van der Waals surface area contributed by atoms with Crippen molar-refractivity contribution in [2.45, 2.75) is 38.1 Å². The van der Waals surface area contributed by atoms with E-state index >= 15 is 0 Å². The van der Waals surface area contributed by atoms with Crippen molar-refractivity contribution >= 4 is 12.0 Å². The molecular formula is C18H22N2O4. The maximum Gasteiger partial charge on any atom is 0.262 e. The summed E-state index contributed by atoms with van der Waals surface area (Å²) in [6, 6.07) is 5.16. The van der Waals surface area contributed by atoms with Gasteiger partial charge in [-0.2, -0.15) is 5.26 Å². The highest BCUT2D eigenvalue weighted by atomic mass is 16.5. The van der Waals surface area contributed by atoms with Gasteiger partial charge in [0.2, 0.25) is 5.75 Å². The van der Waals surface area contributed by atoms with E-state index in [1.165, 1.54) is 26.7 Å². The number of methoxy groups -OCH3 is 2. The number of rotatable bonds is 5. The number of carbonyl (C=O) groups is 1. The molecule has 2 N–H and O–H groups in total. The predicted octanol–water partition coefficient (Wildman–Crippen LogP) is 2.77. The average Bonchev–Trinajstić information content (AvgIpc) is 2.61. The lowest BCUT2D eigenvalue weighted by atomic mass is 9.95. The van der Waals surface area contributed by atoms with E-state index in [1.54, 1.807) is 12.1 Å². The van der Waals surface area contributed by atoms with Crippen molar-refractivity contribution in [3.8, 4) is 23.3 Å². The highest BCUT2D eigenvalue weighted by Gasteiger charge is 2.18. The molecule has 0 saturated heterocycles. The highest BCUT2D eigenvalue weighted by molar-refractivity contribution is 6.02. The number of carbonyl (C=O) groups excluding carboxylic acids is 1. The number of aromatic hydroxyl groups is 1. The Labute approximate surface area is 141 Å². The molecular weight excluding hydrogens is 308 g/mol. The van der Waals surface area contributed by atoms with Crippen LogP contribution in [0.3, 0.4) is 0 Å². The molecule has 1 aliphatic rings. The van der Waals surface area contributed by atoms with Gasteiger partial charge in [-0.1, -0.05) is 19.3 Å². The van der Waals surface area contributed by atoms with Gasteiger partial charge < -0.3 is 19.9 Å². The second-order valence-electron chi connectivity index (χ2n) is 5.75. The summed E-state index contributed by atoms with van der Waals surface area (Å²) >= 11 is 0. The maximum atomic E-state index is 12.3. The highest BCUT2D eigenvalue weighted by Crippen LogP contribution is 2.37. The van der Waals surface area contributed by atoms with Crippen LogP contribution in [0.25, 0.3) is 6.08 Å². The number of ether oxygens (including phenoxy) is 2. The molecule has 1 amide bonds. The molecule has 1 fully saturated rings. The number of amides is 1. The Balaban J connectivity index is 2.23. The first-order valence-corrected chi connectivity index (χ1v) is 7.96. The normalized spacial score (nSPS) is 15.5. The first-order valence-electron chi connectivity index (χ1n) is 7.96. The summed E-state index contributed by atoms with van der Waals surface area (Å²) in [4.78, 5) is 12.3. The molecule has 128 valence electrons. The van der Waals surface area contributed by atoms with Crippen molar-refractivity contribution in [3.63, 3.8) is 0 Å². The molecule has 2 rings (SSSR count). The summed E-state index contributed by atoms with van der Waals surface area (Å²) in [5, 5.41) is 22.1. The first-order chi connectivity index (χ1) is 11.6. The first kappa shape index (κ1) is 17.7. The predicted molar refractivity (Wildman–Crippen MR) is 89.8 cm³/mol. The molecule has 0 aromatic heterocycles. The molecule has 0 bridgehead atoms. The number of hydrogen-bond donors (Lipinski definition) is 2. The van der Waals surface area contributed by atoms with Crippen molar-refractivity contribution in [2.75, 3.05) is 14.2 Å². The standard InChI is InChI=1S/C18H22N2O4/c1-23-15-9-12(10-16(24-2)17(15)21)8-13(11-19)18(22)20-14-6-4-3-5-7-14/h8-10,14,21H,3-7H2,1-2H3,(H,20,22). The molecule has 24 heavy (non-hydrogen) atoms. The van der Waals surface area contributed by atoms with Crippen molar-refractivity contribution in [1.82, 2.24) is 5.32 Å². The van der Waals surface area contributed by atoms with Gasteiger partial charge in [0.1, 0.15) is 11.6 Å². The van der Waals surface area contributed by atoms with Crippen LogP contribution in [0.1, 0.15) is 37.7 Å². The van der Waals surface area contributed by atoms with Crippen LogP contribution < -0.4 is 14.8 Å². The Hall–Kier alpha value is -2.68. The molecule has 1 aromatic rings. The Morgan fingerprint density at radius 2 is 1.83 bits per heavy atom. The van der Waals surface area contributed by atoms with E-state index in [1.807, 2.05) is 6.07 Å². The van der Waals surface area contributed by atoms with E-state index in [2.05, 4.69) is 5.32 Å². The van der Waals surface area contributed by atoms with Crippen LogP contribution in [0, 0.1) is 11.3 Å². The van der Waals surface area contributed by atoms with E-state index in [4.69, 9.17) is 9.47 Å². The lowest BCUT2D eigenvalue weighted by Gasteiger charge is -2.22. The monoisotopic (exact) mass is 330 g/mol. The Morgan fingerprint density at radius 1 is 1.25 bits per heavy atom. The van der Waals surface area contributed by atoms with E-state index in [-0.39, 0.29) is 34.8 Å². The zero-order valence-corrected chi connectivity index (χ0v) is 14.0. The Bertz CT molecular complexity index is 645. The quantitative estimate of drug-likeness (QED) is 0.640. The molecule has 0 unspecified atom stereocenters. The third kappa shape index (κ3) is 4.19. The minimum atomic E-state index is -0.379. The summed E-state index contributed by atoms with van der Waals surface area (Å²) in [5.41, 5.74) is 0.548. The van der Waals surface area contributed by atoms with E-state index in [0.717, 1.165) is 25.7 Å². The average molecular weight is 330 g/mol. The minimum absolute atomic E-state index is 0.00960. The molecule has 0 radical (unpaired) electrons. The van der Waals surface area contributed by atoms with Crippen LogP contribution in [0.4, 0.5) is 0 Å². The smallest absolute Gasteiger partial charge is 0.262 e. The Kier molecular flexibility index (Phi) is 6.07. The fourth-order valence-electron chi connectivity index (χ4n) is 2.82. The molecule has 6 heteroatoms. The van der Waals surface area contributed by atoms with Crippen LogP contribution in [0.15, 0.2) is 17.7 Å². The number of nitriles is 1. The van der Waals surface area contributed by atoms with Crippen molar-refractivity contribution < 1.29 is 19.4 Å². The van der Waals surface area contributed by atoms with Gasteiger partial charge in [0, 0.05) is 6.04 Å². The molecule has 0 aliphatic heterocycles. The van der Waals surface area contributed by atoms with Gasteiger partial charge in [-0.3, -0.25) is 4.79 Å². The topological polar surface area (TPSA) is 91.6 Å². The molecule has 1 saturated carbocycles. The summed E-state index contributed by atoms with van der Waals surface area (Å²) in [7, 11) is 2.84. The van der Waals surface area contributed by atoms with E-state index < -0.39 is 0 Å². The number of nitrogens with zero attached hydrogens (tertiary/aromatic N) is 1.